The minimum absolute atomic E-state index is 0.188. The molecule has 2 rings (SSSR count). The predicted molar refractivity (Wildman–Crippen MR) is 72.7 cm³/mol. The van der Waals surface area contributed by atoms with E-state index in [-0.39, 0.29) is 11.3 Å². The fourth-order valence-electron chi connectivity index (χ4n) is 3.13. The number of rotatable bonds is 2. The average Bonchev–Trinajstić information content (AvgIpc) is 2.83. The van der Waals surface area contributed by atoms with E-state index in [9.17, 15) is 4.79 Å². The van der Waals surface area contributed by atoms with Gasteiger partial charge in [-0.25, -0.2) is 0 Å². The van der Waals surface area contributed by atoms with Gasteiger partial charge in [-0.3, -0.25) is 4.79 Å². The molecule has 1 saturated carbocycles. The van der Waals surface area contributed by atoms with Gasteiger partial charge >= 0.3 is 0 Å². The minimum Gasteiger partial charge on any atom is -0.392 e. The molecule has 1 saturated heterocycles. The van der Waals surface area contributed by atoms with E-state index in [0.29, 0.717) is 4.99 Å². The quantitative estimate of drug-likeness (QED) is 0.768. The van der Waals surface area contributed by atoms with Crippen LogP contribution >= 0.6 is 12.2 Å². The molecule has 0 unspecified atom stereocenters. The van der Waals surface area contributed by atoms with Crippen molar-refractivity contribution < 1.29 is 4.79 Å². The van der Waals surface area contributed by atoms with Crippen LogP contribution in [0.4, 0.5) is 0 Å². The van der Waals surface area contributed by atoms with Crippen molar-refractivity contribution in [1.29, 1.82) is 0 Å². The van der Waals surface area contributed by atoms with Gasteiger partial charge in [0.2, 0.25) is 5.91 Å². The van der Waals surface area contributed by atoms with Crippen LogP contribution < -0.4 is 5.73 Å². The molecule has 0 radical (unpaired) electrons. The van der Waals surface area contributed by atoms with Crippen molar-refractivity contribution in [2.24, 2.45) is 16.6 Å². The maximum absolute atomic E-state index is 12.7. The van der Waals surface area contributed by atoms with E-state index >= 15 is 0 Å². The zero-order valence-electron chi connectivity index (χ0n) is 10.8. The molecule has 0 aromatic rings. The Hall–Kier alpha value is -0.640. The predicted octanol–water partition coefficient (Wildman–Crippen LogP) is 2.09. The molecule has 2 N–H and O–H groups in total. The molecule has 0 spiro atoms. The first-order valence-corrected chi connectivity index (χ1v) is 6.88. The maximum Gasteiger partial charge on any atom is 0.235 e. The Morgan fingerprint density at radius 3 is 2.24 bits per heavy atom. The lowest BCUT2D eigenvalue weighted by Gasteiger charge is -2.32. The molecule has 0 aromatic heterocycles. The molecule has 0 bridgehead atoms. The molecule has 1 aliphatic carbocycles. The van der Waals surface area contributed by atoms with Gasteiger partial charge in [-0.1, -0.05) is 38.9 Å². The van der Waals surface area contributed by atoms with Gasteiger partial charge in [0.25, 0.3) is 0 Å². The van der Waals surface area contributed by atoms with Gasteiger partial charge in [-0.2, -0.15) is 0 Å². The van der Waals surface area contributed by atoms with Crippen molar-refractivity contribution >= 4 is 23.1 Å². The monoisotopic (exact) mass is 254 g/mol. The van der Waals surface area contributed by atoms with Gasteiger partial charge in [-0.15, -0.1) is 0 Å². The summed E-state index contributed by atoms with van der Waals surface area (Å²) in [6, 6.07) is 0. The van der Waals surface area contributed by atoms with Crippen LogP contribution in [-0.2, 0) is 4.79 Å². The largest absolute Gasteiger partial charge is 0.392 e. The van der Waals surface area contributed by atoms with Gasteiger partial charge in [0.05, 0.1) is 10.4 Å². The molecule has 96 valence electrons. The first kappa shape index (κ1) is 12.8. The lowest BCUT2D eigenvalue weighted by molar-refractivity contribution is -0.137. The SMILES string of the molecule is CC1(C)CCN(C(=O)C2(C(N)=S)CCCC2)C1. The summed E-state index contributed by atoms with van der Waals surface area (Å²) in [5, 5.41) is 0. The highest BCUT2D eigenvalue weighted by molar-refractivity contribution is 7.80. The Labute approximate surface area is 109 Å². The summed E-state index contributed by atoms with van der Waals surface area (Å²) in [5.74, 6) is 0.188. The molecule has 0 atom stereocenters. The van der Waals surface area contributed by atoms with Crippen molar-refractivity contribution in [1.82, 2.24) is 4.90 Å². The zero-order chi connectivity index (χ0) is 12.7. The van der Waals surface area contributed by atoms with Crippen molar-refractivity contribution in [2.75, 3.05) is 13.1 Å². The number of hydrogen-bond acceptors (Lipinski definition) is 2. The van der Waals surface area contributed by atoms with Crippen LogP contribution in [0.25, 0.3) is 0 Å². The summed E-state index contributed by atoms with van der Waals surface area (Å²) < 4.78 is 0. The van der Waals surface area contributed by atoms with Crippen molar-refractivity contribution in [3.8, 4) is 0 Å². The standard InChI is InChI=1S/C13H22N2OS/c1-12(2)7-8-15(9-12)11(16)13(10(14)17)5-3-4-6-13/h3-9H2,1-2H3,(H2,14,17). The van der Waals surface area contributed by atoms with Gasteiger partial charge in [0.1, 0.15) is 0 Å². The fraction of sp³-hybridized carbons (Fsp3) is 0.846. The molecule has 1 aliphatic heterocycles. The fourth-order valence-corrected chi connectivity index (χ4v) is 3.42. The van der Waals surface area contributed by atoms with Crippen LogP contribution in [0.15, 0.2) is 0 Å². The van der Waals surface area contributed by atoms with E-state index < -0.39 is 5.41 Å². The Bertz CT molecular complexity index is 345. The second-order valence-electron chi connectivity index (χ2n) is 6.29. The molecule has 17 heavy (non-hydrogen) atoms. The number of carbonyl (C=O) groups excluding carboxylic acids is 1. The van der Waals surface area contributed by atoms with Crippen LogP contribution in [-0.4, -0.2) is 28.9 Å². The van der Waals surface area contributed by atoms with Gasteiger partial charge in [-0.05, 0) is 24.7 Å². The highest BCUT2D eigenvalue weighted by Crippen LogP contribution is 2.42. The molecule has 0 aromatic carbocycles. The van der Waals surface area contributed by atoms with E-state index in [2.05, 4.69) is 13.8 Å². The Morgan fingerprint density at radius 1 is 1.24 bits per heavy atom. The number of thiocarbonyl (C=S) groups is 1. The second kappa shape index (κ2) is 4.23. The lowest BCUT2D eigenvalue weighted by Crippen LogP contribution is -2.48. The molecule has 2 fully saturated rings. The first-order chi connectivity index (χ1) is 7.87. The summed E-state index contributed by atoms with van der Waals surface area (Å²) in [6.07, 6.45) is 4.91. The molecule has 2 aliphatic rings. The first-order valence-electron chi connectivity index (χ1n) is 6.47. The second-order valence-corrected chi connectivity index (χ2v) is 6.73. The molecule has 1 amide bonds. The normalized spacial score (nSPS) is 26.1. The van der Waals surface area contributed by atoms with Crippen LogP contribution in [0.5, 0.6) is 0 Å². The van der Waals surface area contributed by atoms with Crippen LogP contribution in [0.1, 0.15) is 46.0 Å². The van der Waals surface area contributed by atoms with E-state index in [1.165, 1.54) is 0 Å². The van der Waals surface area contributed by atoms with Gasteiger partial charge in [0.15, 0.2) is 0 Å². The maximum atomic E-state index is 12.7. The summed E-state index contributed by atoms with van der Waals surface area (Å²) in [6.45, 7) is 6.12. The molecule has 3 nitrogen and oxygen atoms in total. The summed E-state index contributed by atoms with van der Waals surface area (Å²) in [7, 11) is 0. The van der Waals surface area contributed by atoms with E-state index in [1.54, 1.807) is 0 Å². The van der Waals surface area contributed by atoms with Crippen molar-refractivity contribution in [3.05, 3.63) is 0 Å². The van der Waals surface area contributed by atoms with Crippen LogP contribution in [0.2, 0.25) is 0 Å². The third-order valence-corrected chi connectivity index (χ3v) is 4.69. The summed E-state index contributed by atoms with van der Waals surface area (Å²) >= 11 is 5.17. The highest BCUT2D eigenvalue weighted by atomic mass is 32.1. The molecule has 4 heteroatoms. The number of nitrogens with zero attached hydrogens (tertiary/aromatic N) is 1. The van der Waals surface area contributed by atoms with E-state index in [0.717, 1.165) is 45.2 Å². The third-order valence-electron chi connectivity index (χ3n) is 4.30. The summed E-state index contributed by atoms with van der Waals surface area (Å²) in [4.78, 5) is 15.0. The van der Waals surface area contributed by atoms with Crippen LogP contribution in [0.3, 0.4) is 0 Å². The highest BCUT2D eigenvalue weighted by Gasteiger charge is 2.48. The number of likely N-dealkylation sites (tertiary alicyclic amines) is 1. The topological polar surface area (TPSA) is 46.3 Å². The zero-order valence-corrected chi connectivity index (χ0v) is 11.6. The summed E-state index contributed by atoms with van der Waals surface area (Å²) in [5.41, 5.74) is 5.58. The number of carbonyl (C=O) groups is 1. The van der Waals surface area contributed by atoms with Crippen LogP contribution in [0, 0.1) is 10.8 Å². The number of nitrogens with two attached hydrogens (primary N) is 1. The van der Waals surface area contributed by atoms with Crippen molar-refractivity contribution in [3.63, 3.8) is 0 Å². The number of amides is 1. The Balaban J connectivity index is 2.16. The third kappa shape index (κ3) is 2.19. The van der Waals surface area contributed by atoms with Gasteiger partial charge in [0, 0.05) is 13.1 Å². The van der Waals surface area contributed by atoms with Gasteiger partial charge < -0.3 is 10.6 Å². The average molecular weight is 254 g/mol. The van der Waals surface area contributed by atoms with E-state index in [4.69, 9.17) is 18.0 Å². The van der Waals surface area contributed by atoms with E-state index in [1.807, 2.05) is 4.90 Å². The molecular weight excluding hydrogens is 232 g/mol. The molecular formula is C13H22N2OS. The number of hydrogen-bond donors (Lipinski definition) is 1. The Kier molecular flexibility index (Phi) is 3.19. The Morgan fingerprint density at radius 2 is 1.82 bits per heavy atom. The molecule has 1 heterocycles. The van der Waals surface area contributed by atoms with Crippen molar-refractivity contribution in [2.45, 2.75) is 46.0 Å². The smallest absolute Gasteiger partial charge is 0.235 e. The minimum atomic E-state index is -0.518. The lowest BCUT2D eigenvalue weighted by atomic mass is 9.84.